The van der Waals surface area contributed by atoms with Gasteiger partial charge in [0.05, 0.1) is 23.4 Å². The third-order valence-corrected chi connectivity index (χ3v) is 6.86. The van der Waals surface area contributed by atoms with E-state index >= 15 is 0 Å². The predicted molar refractivity (Wildman–Crippen MR) is 110 cm³/mol. The highest BCUT2D eigenvalue weighted by Crippen LogP contribution is 2.58. The molecule has 30 heavy (non-hydrogen) atoms. The Hall–Kier alpha value is -3.43. The van der Waals surface area contributed by atoms with Gasteiger partial charge in [-0.05, 0) is 53.4 Å². The zero-order valence-electron chi connectivity index (χ0n) is 17.4. The topological polar surface area (TPSA) is 116 Å². The molecule has 2 N–H and O–H groups in total. The van der Waals surface area contributed by atoms with Crippen LogP contribution in [0.5, 0.6) is 11.5 Å². The van der Waals surface area contributed by atoms with E-state index in [-0.39, 0.29) is 29.4 Å². The SMILES string of the molecule is CC(C)(C)C1CC=C2C(C#N)=C(N)C(C#N)(C#N)C(c3ccc4c(c3)OCO4)C2C1. The summed E-state index contributed by atoms with van der Waals surface area (Å²) in [6, 6.07) is 12.1. The van der Waals surface area contributed by atoms with Gasteiger partial charge in [0.15, 0.2) is 16.9 Å². The van der Waals surface area contributed by atoms with Gasteiger partial charge < -0.3 is 15.2 Å². The van der Waals surface area contributed by atoms with Crippen molar-refractivity contribution in [2.24, 2.45) is 28.4 Å². The van der Waals surface area contributed by atoms with Gasteiger partial charge in [0.25, 0.3) is 0 Å². The molecule has 152 valence electrons. The van der Waals surface area contributed by atoms with Crippen LogP contribution >= 0.6 is 0 Å². The Bertz CT molecular complexity index is 1070. The molecule has 6 nitrogen and oxygen atoms in total. The molecule has 0 saturated heterocycles. The molecule has 0 fully saturated rings. The number of ether oxygens (including phenoxy) is 2. The van der Waals surface area contributed by atoms with Gasteiger partial charge in [0, 0.05) is 5.92 Å². The minimum absolute atomic E-state index is 0.0503. The fraction of sp³-hybridized carbons (Fsp3) is 0.458. The maximum atomic E-state index is 10.2. The van der Waals surface area contributed by atoms with Crippen LogP contribution in [0.4, 0.5) is 0 Å². The van der Waals surface area contributed by atoms with Crippen LogP contribution in [0.15, 0.2) is 41.1 Å². The van der Waals surface area contributed by atoms with Gasteiger partial charge in [0.1, 0.15) is 6.07 Å². The largest absolute Gasteiger partial charge is 0.454 e. The number of hydrogen-bond donors (Lipinski definition) is 1. The average Bonchev–Trinajstić information content (AvgIpc) is 3.20. The van der Waals surface area contributed by atoms with Gasteiger partial charge in [-0.25, -0.2) is 0 Å². The summed E-state index contributed by atoms with van der Waals surface area (Å²) < 4.78 is 11.0. The number of fused-ring (bicyclic) bond motifs is 2. The van der Waals surface area contributed by atoms with Crippen LogP contribution in [-0.2, 0) is 0 Å². The number of nitrogens with two attached hydrogens (primary N) is 1. The molecule has 0 amide bonds. The molecule has 1 aromatic rings. The molecular formula is C24H24N4O2. The first-order valence-electron chi connectivity index (χ1n) is 10.1. The molecular weight excluding hydrogens is 376 g/mol. The van der Waals surface area contributed by atoms with Gasteiger partial charge in [-0.1, -0.05) is 32.9 Å². The Kier molecular flexibility index (Phi) is 4.52. The second-order valence-electron chi connectivity index (χ2n) is 9.32. The summed E-state index contributed by atoms with van der Waals surface area (Å²) in [6.45, 7) is 6.75. The molecule has 2 aliphatic carbocycles. The van der Waals surface area contributed by atoms with E-state index in [1.165, 1.54) is 0 Å². The maximum absolute atomic E-state index is 10.2. The number of hydrogen-bond acceptors (Lipinski definition) is 6. The summed E-state index contributed by atoms with van der Waals surface area (Å²) in [4.78, 5) is 0. The van der Waals surface area contributed by atoms with Crippen molar-refractivity contribution < 1.29 is 9.47 Å². The minimum atomic E-state index is -1.62. The van der Waals surface area contributed by atoms with Crippen LogP contribution in [0, 0.1) is 56.7 Å². The van der Waals surface area contributed by atoms with Crippen molar-refractivity contribution in [2.45, 2.75) is 39.5 Å². The summed E-state index contributed by atoms with van der Waals surface area (Å²) in [5, 5.41) is 30.2. The predicted octanol–water partition coefficient (Wildman–Crippen LogP) is 4.28. The second-order valence-corrected chi connectivity index (χ2v) is 9.32. The van der Waals surface area contributed by atoms with Crippen molar-refractivity contribution in [1.29, 1.82) is 15.8 Å². The normalized spacial score (nSPS) is 26.7. The Morgan fingerprint density at radius 2 is 1.80 bits per heavy atom. The lowest BCUT2D eigenvalue weighted by Gasteiger charge is -2.47. The smallest absolute Gasteiger partial charge is 0.231 e. The summed E-state index contributed by atoms with van der Waals surface area (Å²) in [5.74, 6) is 0.930. The van der Waals surface area contributed by atoms with Crippen LogP contribution < -0.4 is 15.2 Å². The first-order chi connectivity index (χ1) is 14.3. The Balaban J connectivity index is 1.95. The van der Waals surface area contributed by atoms with Gasteiger partial charge in [0.2, 0.25) is 6.79 Å². The Labute approximate surface area is 176 Å². The Morgan fingerprint density at radius 3 is 2.43 bits per heavy atom. The highest BCUT2D eigenvalue weighted by atomic mass is 16.7. The first-order valence-corrected chi connectivity index (χ1v) is 10.1. The van der Waals surface area contributed by atoms with Crippen LogP contribution in [0.2, 0.25) is 0 Å². The average molecular weight is 400 g/mol. The number of benzene rings is 1. The number of nitriles is 3. The van der Waals surface area contributed by atoms with Gasteiger partial charge in [-0.3, -0.25) is 0 Å². The molecule has 1 aliphatic heterocycles. The Morgan fingerprint density at radius 1 is 1.10 bits per heavy atom. The van der Waals surface area contributed by atoms with Crippen LogP contribution in [0.1, 0.15) is 45.1 Å². The van der Waals surface area contributed by atoms with Crippen molar-refractivity contribution in [1.82, 2.24) is 0 Å². The minimum Gasteiger partial charge on any atom is -0.454 e. The molecule has 0 spiro atoms. The molecule has 0 bridgehead atoms. The van der Waals surface area contributed by atoms with Crippen LogP contribution in [-0.4, -0.2) is 6.79 Å². The standard InChI is InChI=1S/C24H24N4O2/c1-23(2,3)15-5-6-16-17(9-15)21(14-4-7-19-20(8-14)30-13-29-19)24(11-26,12-27)22(28)18(16)10-25/h4,6-8,15,17,21H,5,9,13,28H2,1-3H3. The van der Waals surface area contributed by atoms with Gasteiger partial charge in [-0.15, -0.1) is 0 Å². The zero-order valence-corrected chi connectivity index (χ0v) is 17.4. The van der Waals surface area contributed by atoms with E-state index in [2.05, 4.69) is 45.1 Å². The fourth-order valence-electron chi connectivity index (χ4n) is 5.08. The van der Waals surface area contributed by atoms with Crippen LogP contribution in [0.25, 0.3) is 0 Å². The van der Waals surface area contributed by atoms with Crippen molar-refractivity contribution >= 4 is 0 Å². The first kappa shape index (κ1) is 19.9. The van der Waals surface area contributed by atoms with Gasteiger partial charge in [-0.2, -0.15) is 15.8 Å². The molecule has 0 saturated carbocycles. The van der Waals surface area contributed by atoms with E-state index < -0.39 is 11.3 Å². The molecule has 3 unspecified atom stereocenters. The second kappa shape index (κ2) is 6.82. The lowest BCUT2D eigenvalue weighted by molar-refractivity contribution is 0.169. The highest BCUT2D eigenvalue weighted by Gasteiger charge is 2.55. The molecule has 1 heterocycles. The summed E-state index contributed by atoms with van der Waals surface area (Å²) in [5.41, 5.74) is 6.80. The van der Waals surface area contributed by atoms with E-state index in [0.717, 1.165) is 24.0 Å². The third kappa shape index (κ3) is 2.74. The summed E-state index contributed by atoms with van der Waals surface area (Å²) in [7, 11) is 0. The third-order valence-electron chi connectivity index (χ3n) is 6.86. The summed E-state index contributed by atoms with van der Waals surface area (Å²) >= 11 is 0. The quantitative estimate of drug-likeness (QED) is 0.752. The van der Waals surface area contributed by atoms with Crippen molar-refractivity contribution in [3.63, 3.8) is 0 Å². The van der Waals surface area contributed by atoms with E-state index in [1.807, 2.05) is 18.2 Å². The lowest BCUT2D eigenvalue weighted by Crippen LogP contribution is -2.44. The highest BCUT2D eigenvalue weighted by molar-refractivity contribution is 5.60. The van der Waals surface area contributed by atoms with E-state index in [4.69, 9.17) is 15.2 Å². The van der Waals surface area contributed by atoms with Gasteiger partial charge >= 0.3 is 0 Å². The molecule has 3 aliphatic rings. The number of rotatable bonds is 1. The summed E-state index contributed by atoms with van der Waals surface area (Å²) in [6.07, 6.45) is 3.71. The number of allylic oxidation sites excluding steroid dienone is 4. The van der Waals surface area contributed by atoms with E-state index in [0.29, 0.717) is 17.4 Å². The monoisotopic (exact) mass is 400 g/mol. The molecule has 0 radical (unpaired) electrons. The molecule has 4 rings (SSSR count). The molecule has 1 aromatic carbocycles. The molecule has 0 aromatic heterocycles. The van der Waals surface area contributed by atoms with Crippen molar-refractivity contribution in [2.75, 3.05) is 6.79 Å². The van der Waals surface area contributed by atoms with Crippen LogP contribution in [0.3, 0.4) is 0 Å². The van der Waals surface area contributed by atoms with E-state index in [1.54, 1.807) is 0 Å². The molecule has 6 heteroatoms. The number of nitrogens with zero attached hydrogens (tertiary/aromatic N) is 3. The molecule has 3 atom stereocenters. The maximum Gasteiger partial charge on any atom is 0.231 e. The van der Waals surface area contributed by atoms with E-state index in [9.17, 15) is 15.8 Å². The van der Waals surface area contributed by atoms with Crippen molar-refractivity contribution in [3.8, 4) is 29.7 Å². The lowest BCUT2D eigenvalue weighted by atomic mass is 9.54. The fourth-order valence-corrected chi connectivity index (χ4v) is 5.08. The van der Waals surface area contributed by atoms with Crippen molar-refractivity contribution in [3.05, 3.63) is 46.7 Å². The zero-order chi connectivity index (χ0) is 21.7.